The number of carbonyl (C=O) groups is 1. The maximum atomic E-state index is 12.5. The Kier molecular flexibility index (Phi) is 3.11. The van der Waals surface area contributed by atoms with Gasteiger partial charge in [-0.3, -0.25) is 9.89 Å². The second kappa shape index (κ2) is 4.91. The van der Waals surface area contributed by atoms with Crippen LogP contribution < -0.4 is 4.74 Å². The Hall–Kier alpha value is -2.04. The van der Waals surface area contributed by atoms with Crippen LogP contribution in [0.3, 0.4) is 0 Å². The number of carbonyl (C=O) groups excluding carboxylic acids is 1. The molecule has 0 bridgehead atoms. The van der Waals surface area contributed by atoms with Crippen LogP contribution in [0.15, 0.2) is 18.2 Å². The van der Waals surface area contributed by atoms with Crippen LogP contribution in [0.4, 0.5) is 0 Å². The van der Waals surface area contributed by atoms with Crippen LogP contribution in [-0.2, 0) is 0 Å². The van der Waals surface area contributed by atoms with Crippen molar-refractivity contribution >= 4 is 16.8 Å². The average molecular weight is 259 g/mol. The van der Waals surface area contributed by atoms with E-state index in [0.29, 0.717) is 11.4 Å². The van der Waals surface area contributed by atoms with Crippen LogP contribution in [0, 0.1) is 0 Å². The molecule has 5 heteroatoms. The summed E-state index contributed by atoms with van der Waals surface area (Å²) >= 11 is 0. The fraction of sp³-hybridized carbons (Fsp3) is 0.429. The standard InChI is InChI=1S/C14H17N3O2/c1-19-11-7-5-6-10-12(11)15-16-13(10)14(18)17-8-3-2-4-9-17/h5-7H,2-4,8-9H2,1H3,(H,15,16). The Morgan fingerprint density at radius 3 is 2.84 bits per heavy atom. The van der Waals surface area contributed by atoms with Crippen LogP contribution in [0.2, 0.25) is 0 Å². The van der Waals surface area contributed by atoms with Crippen LogP contribution in [-0.4, -0.2) is 41.2 Å². The molecule has 1 saturated heterocycles. The highest BCUT2D eigenvalue weighted by Gasteiger charge is 2.23. The molecule has 1 fully saturated rings. The summed E-state index contributed by atoms with van der Waals surface area (Å²) in [6.45, 7) is 1.66. The number of ether oxygens (including phenoxy) is 1. The fourth-order valence-electron chi connectivity index (χ4n) is 2.60. The predicted octanol–water partition coefficient (Wildman–Crippen LogP) is 2.20. The van der Waals surface area contributed by atoms with E-state index >= 15 is 0 Å². The van der Waals surface area contributed by atoms with Crippen LogP contribution in [0.5, 0.6) is 5.75 Å². The number of nitrogens with one attached hydrogen (secondary N) is 1. The van der Waals surface area contributed by atoms with Crippen molar-refractivity contribution in [1.82, 2.24) is 15.1 Å². The van der Waals surface area contributed by atoms with E-state index in [1.807, 2.05) is 23.1 Å². The van der Waals surface area contributed by atoms with Gasteiger partial charge >= 0.3 is 0 Å². The van der Waals surface area contributed by atoms with Crippen molar-refractivity contribution in [2.45, 2.75) is 19.3 Å². The van der Waals surface area contributed by atoms with Gasteiger partial charge in [0.1, 0.15) is 11.3 Å². The van der Waals surface area contributed by atoms with Gasteiger partial charge in [0.2, 0.25) is 0 Å². The Labute approximate surface area is 111 Å². The van der Waals surface area contributed by atoms with Gasteiger partial charge in [0.15, 0.2) is 5.69 Å². The van der Waals surface area contributed by atoms with Gasteiger partial charge in [-0.15, -0.1) is 0 Å². The third-order valence-corrected chi connectivity index (χ3v) is 3.63. The van der Waals surface area contributed by atoms with E-state index in [0.717, 1.165) is 36.8 Å². The first kappa shape index (κ1) is 12.0. The first-order valence-corrected chi connectivity index (χ1v) is 6.61. The normalized spacial score (nSPS) is 15.7. The molecule has 1 aliphatic heterocycles. The summed E-state index contributed by atoms with van der Waals surface area (Å²) in [5.74, 6) is 0.724. The third kappa shape index (κ3) is 2.05. The van der Waals surface area contributed by atoms with Crippen molar-refractivity contribution < 1.29 is 9.53 Å². The maximum Gasteiger partial charge on any atom is 0.274 e. The summed E-state index contributed by atoms with van der Waals surface area (Å²) in [4.78, 5) is 14.4. The number of fused-ring (bicyclic) bond motifs is 1. The third-order valence-electron chi connectivity index (χ3n) is 3.63. The molecule has 0 saturated carbocycles. The zero-order chi connectivity index (χ0) is 13.2. The van der Waals surface area contributed by atoms with Gasteiger partial charge in [-0.2, -0.15) is 5.10 Å². The summed E-state index contributed by atoms with van der Waals surface area (Å²) in [5, 5.41) is 7.92. The lowest BCUT2D eigenvalue weighted by Crippen LogP contribution is -2.35. The molecule has 19 heavy (non-hydrogen) atoms. The molecule has 0 unspecified atom stereocenters. The zero-order valence-corrected chi connectivity index (χ0v) is 11.0. The molecule has 2 aromatic rings. The second-order valence-electron chi connectivity index (χ2n) is 4.81. The van der Waals surface area contributed by atoms with Gasteiger partial charge in [0, 0.05) is 18.5 Å². The molecule has 3 rings (SSSR count). The monoisotopic (exact) mass is 259 g/mol. The molecule has 0 spiro atoms. The molecule has 1 aromatic heterocycles. The number of likely N-dealkylation sites (tertiary alicyclic amines) is 1. The molecule has 100 valence electrons. The van der Waals surface area contributed by atoms with Crippen LogP contribution >= 0.6 is 0 Å². The lowest BCUT2D eigenvalue weighted by atomic mass is 10.1. The maximum absolute atomic E-state index is 12.5. The summed E-state index contributed by atoms with van der Waals surface area (Å²) in [6.07, 6.45) is 3.37. The second-order valence-corrected chi connectivity index (χ2v) is 4.81. The molecule has 0 atom stereocenters. The number of aromatic amines is 1. The number of aromatic nitrogens is 2. The lowest BCUT2D eigenvalue weighted by molar-refractivity contribution is 0.0720. The molecule has 1 amide bonds. The average Bonchev–Trinajstić information content (AvgIpc) is 2.91. The predicted molar refractivity (Wildman–Crippen MR) is 72.4 cm³/mol. The molecule has 1 aliphatic rings. The molecular formula is C14H17N3O2. The van der Waals surface area contributed by atoms with Crippen molar-refractivity contribution in [3.05, 3.63) is 23.9 Å². The molecule has 0 aliphatic carbocycles. The number of para-hydroxylation sites is 1. The molecule has 1 aromatic carbocycles. The van der Waals surface area contributed by atoms with E-state index in [4.69, 9.17) is 4.74 Å². The first-order valence-electron chi connectivity index (χ1n) is 6.61. The molecular weight excluding hydrogens is 242 g/mol. The Morgan fingerprint density at radius 1 is 1.32 bits per heavy atom. The largest absolute Gasteiger partial charge is 0.494 e. The minimum Gasteiger partial charge on any atom is -0.494 e. The number of hydrogen-bond acceptors (Lipinski definition) is 3. The highest BCUT2D eigenvalue weighted by atomic mass is 16.5. The van der Waals surface area contributed by atoms with Gasteiger partial charge in [0.25, 0.3) is 5.91 Å². The highest BCUT2D eigenvalue weighted by Crippen LogP contribution is 2.26. The number of H-pyrrole nitrogens is 1. The lowest BCUT2D eigenvalue weighted by Gasteiger charge is -2.25. The van der Waals surface area contributed by atoms with Gasteiger partial charge in [-0.1, -0.05) is 12.1 Å². The number of benzene rings is 1. The van der Waals surface area contributed by atoms with Crippen molar-refractivity contribution in [3.63, 3.8) is 0 Å². The number of nitrogens with zero attached hydrogens (tertiary/aromatic N) is 2. The van der Waals surface area contributed by atoms with Gasteiger partial charge in [-0.25, -0.2) is 0 Å². The van der Waals surface area contributed by atoms with E-state index < -0.39 is 0 Å². The molecule has 1 N–H and O–H groups in total. The number of hydrogen-bond donors (Lipinski definition) is 1. The molecule has 2 heterocycles. The van der Waals surface area contributed by atoms with E-state index in [1.165, 1.54) is 6.42 Å². The number of piperidine rings is 1. The fourth-order valence-corrected chi connectivity index (χ4v) is 2.60. The smallest absolute Gasteiger partial charge is 0.274 e. The number of methoxy groups -OCH3 is 1. The molecule has 5 nitrogen and oxygen atoms in total. The Balaban J connectivity index is 1.98. The van der Waals surface area contributed by atoms with Crippen molar-refractivity contribution in [1.29, 1.82) is 0 Å². The first-order chi connectivity index (χ1) is 9.31. The Bertz CT molecular complexity index is 600. The molecule has 0 radical (unpaired) electrons. The Morgan fingerprint density at radius 2 is 2.11 bits per heavy atom. The number of amides is 1. The minimum atomic E-state index is 0.0132. The highest BCUT2D eigenvalue weighted by molar-refractivity contribution is 6.05. The van der Waals surface area contributed by atoms with E-state index in [2.05, 4.69) is 10.2 Å². The zero-order valence-electron chi connectivity index (χ0n) is 11.0. The van der Waals surface area contributed by atoms with Crippen LogP contribution in [0.1, 0.15) is 29.8 Å². The SMILES string of the molecule is COc1cccc2c(C(=O)N3CCCCC3)n[nH]c12. The van der Waals surface area contributed by atoms with Crippen molar-refractivity contribution in [2.75, 3.05) is 20.2 Å². The summed E-state index contributed by atoms with van der Waals surface area (Å²) < 4.78 is 5.27. The summed E-state index contributed by atoms with van der Waals surface area (Å²) in [5.41, 5.74) is 1.28. The number of rotatable bonds is 2. The van der Waals surface area contributed by atoms with E-state index in [1.54, 1.807) is 7.11 Å². The van der Waals surface area contributed by atoms with E-state index in [9.17, 15) is 4.79 Å². The van der Waals surface area contributed by atoms with Gasteiger partial charge in [-0.05, 0) is 25.3 Å². The van der Waals surface area contributed by atoms with Gasteiger partial charge < -0.3 is 9.64 Å². The summed E-state index contributed by atoms with van der Waals surface area (Å²) in [6, 6.07) is 5.64. The van der Waals surface area contributed by atoms with Crippen LogP contribution in [0.25, 0.3) is 10.9 Å². The minimum absolute atomic E-state index is 0.0132. The van der Waals surface area contributed by atoms with Gasteiger partial charge in [0.05, 0.1) is 7.11 Å². The topological polar surface area (TPSA) is 58.2 Å². The van der Waals surface area contributed by atoms with Crippen molar-refractivity contribution in [3.8, 4) is 5.75 Å². The van der Waals surface area contributed by atoms with Crippen molar-refractivity contribution in [2.24, 2.45) is 0 Å². The van der Waals surface area contributed by atoms with E-state index in [-0.39, 0.29) is 5.91 Å². The quantitative estimate of drug-likeness (QED) is 0.899. The summed E-state index contributed by atoms with van der Waals surface area (Å²) in [7, 11) is 1.61.